The molecule has 0 bridgehead atoms. The van der Waals surface area contributed by atoms with Gasteiger partial charge in [-0.2, -0.15) is 0 Å². The summed E-state index contributed by atoms with van der Waals surface area (Å²) in [5.41, 5.74) is 7.12. The van der Waals surface area contributed by atoms with E-state index in [1.54, 1.807) is 6.07 Å². The first kappa shape index (κ1) is 14.1. The number of nitrogens with zero attached hydrogens (tertiary/aromatic N) is 2. The van der Waals surface area contributed by atoms with Crippen LogP contribution in [0.5, 0.6) is 0 Å². The lowest BCUT2D eigenvalue weighted by Crippen LogP contribution is -2.37. The molecule has 0 amide bonds. The number of nitro benzene ring substituents is 1. The third kappa shape index (κ3) is 3.26. The molecule has 2 fully saturated rings. The molecule has 0 aromatic heterocycles. The van der Waals surface area contributed by atoms with Crippen LogP contribution in [0.1, 0.15) is 25.7 Å². The van der Waals surface area contributed by atoms with Crippen molar-refractivity contribution >= 4 is 17.1 Å². The van der Waals surface area contributed by atoms with Crippen molar-refractivity contribution < 1.29 is 4.92 Å². The Morgan fingerprint density at radius 1 is 1.29 bits per heavy atom. The molecule has 0 spiro atoms. The van der Waals surface area contributed by atoms with Crippen molar-refractivity contribution in [3.8, 4) is 0 Å². The van der Waals surface area contributed by atoms with Crippen LogP contribution in [-0.2, 0) is 0 Å². The highest BCUT2D eigenvalue weighted by atomic mass is 16.6. The number of benzene rings is 1. The molecule has 0 radical (unpaired) electrons. The number of nitrogens with one attached hydrogen (secondary N) is 1. The molecule has 6 nitrogen and oxygen atoms in total. The minimum Gasteiger partial charge on any atom is -0.393 e. The Labute approximate surface area is 124 Å². The highest BCUT2D eigenvalue weighted by Crippen LogP contribution is 2.36. The summed E-state index contributed by atoms with van der Waals surface area (Å²) in [5, 5.41) is 14.3. The fourth-order valence-electron chi connectivity index (χ4n) is 3.08. The third-order valence-corrected chi connectivity index (χ3v) is 4.44. The van der Waals surface area contributed by atoms with Gasteiger partial charge in [0.15, 0.2) is 0 Å². The zero-order valence-corrected chi connectivity index (χ0v) is 12.1. The molecule has 1 saturated carbocycles. The summed E-state index contributed by atoms with van der Waals surface area (Å²) < 4.78 is 0. The van der Waals surface area contributed by atoms with Gasteiger partial charge in [-0.3, -0.25) is 10.1 Å². The highest BCUT2D eigenvalue weighted by Gasteiger charge is 2.31. The number of hydrogen-bond donors (Lipinski definition) is 2. The summed E-state index contributed by atoms with van der Waals surface area (Å²) in [6.45, 7) is 3.21. The maximum atomic E-state index is 10.9. The molecule has 114 valence electrons. The van der Waals surface area contributed by atoms with E-state index in [0.29, 0.717) is 12.0 Å². The monoisotopic (exact) mass is 290 g/mol. The number of rotatable bonds is 5. The van der Waals surface area contributed by atoms with Crippen LogP contribution >= 0.6 is 0 Å². The zero-order valence-electron chi connectivity index (χ0n) is 12.1. The molecule has 3 rings (SSSR count). The van der Waals surface area contributed by atoms with Crippen LogP contribution < -0.4 is 16.0 Å². The van der Waals surface area contributed by atoms with Crippen LogP contribution in [0.25, 0.3) is 0 Å². The smallest absolute Gasteiger partial charge is 0.292 e. The first-order valence-electron chi connectivity index (χ1n) is 7.66. The Kier molecular flexibility index (Phi) is 3.96. The van der Waals surface area contributed by atoms with E-state index in [-0.39, 0.29) is 11.4 Å². The second kappa shape index (κ2) is 5.89. The molecule has 6 heteroatoms. The predicted octanol–water partition coefficient (Wildman–Crippen LogP) is 2.15. The maximum Gasteiger partial charge on any atom is 0.292 e. The van der Waals surface area contributed by atoms with Gasteiger partial charge in [0, 0.05) is 24.3 Å². The molecule has 21 heavy (non-hydrogen) atoms. The normalized spacial score (nSPS) is 19.4. The van der Waals surface area contributed by atoms with E-state index in [9.17, 15) is 10.1 Å². The molecular formula is C15H22N4O2. The largest absolute Gasteiger partial charge is 0.393 e. The molecule has 1 aromatic rings. The van der Waals surface area contributed by atoms with Crippen molar-refractivity contribution in [3.05, 3.63) is 28.3 Å². The van der Waals surface area contributed by atoms with E-state index in [4.69, 9.17) is 5.73 Å². The van der Waals surface area contributed by atoms with Gasteiger partial charge in [-0.1, -0.05) is 0 Å². The summed E-state index contributed by atoms with van der Waals surface area (Å²) in [6.07, 6.45) is 4.82. The van der Waals surface area contributed by atoms with Gasteiger partial charge in [-0.25, -0.2) is 0 Å². The van der Waals surface area contributed by atoms with Crippen molar-refractivity contribution in [2.24, 2.45) is 5.92 Å². The van der Waals surface area contributed by atoms with Gasteiger partial charge < -0.3 is 16.0 Å². The van der Waals surface area contributed by atoms with Gasteiger partial charge in [0.2, 0.25) is 0 Å². The van der Waals surface area contributed by atoms with E-state index in [2.05, 4.69) is 10.2 Å². The van der Waals surface area contributed by atoms with Crippen LogP contribution in [0, 0.1) is 16.0 Å². The van der Waals surface area contributed by atoms with Gasteiger partial charge in [0.25, 0.3) is 5.69 Å². The summed E-state index contributed by atoms with van der Waals surface area (Å²) in [5.74, 6) is 0.697. The zero-order chi connectivity index (χ0) is 14.8. The molecule has 1 saturated heterocycles. The minimum absolute atomic E-state index is 0.00337. The number of nitro groups is 1. The Bertz CT molecular complexity index is 524. The third-order valence-electron chi connectivity index (χ3n) is 4.44. The Hall–Kier alpha value is -1.82. The number of anilines is 2. The molecule has 1 heterocycles. The molecule has 1 aromatic carbocycles. The molecule has 2 aliphatic rings. The van der Waals surface area contributed by atoms with Crippen LogP contribution in [0.15, 0.2) is 18.2 Å². The van der Waals surface area contributed by atoms with E-state index >= 15 is 0 Å². The number of piperidine rings is 1. The topological polar surface area (TPSA) is 84.4 Å². The van der Waals surface area contributed by atoms with Gasteiger partial charge in [-0.05, 0) is 56.8 Å². The van der Waals surface area contributed by atoms with Gasteiger partial charge >= 0.3 is 0 Å². The lowest BCUT2D eigenvalue weighted by atomic mass is 9.97. The molecular weight excluding hydrogens is 268 g/mol. The Morgan fingerprint density at radius 2 is 2.00 bits per heavy atom. The van der Waals surface area contributed by atoms with Gasteiger partial charge in [0.05, 0.1) is 4.92 Å². The summed E-state index contributed by atoms with van der Waals surface area (Å²) in [7, 11) is 0. The SMILES string of the molecule is Nc1cc(N(CC2CCNCC2)C2CC2)ccc1[N+](=O)[O-]. The average molecular weight is 290 g/mol. The van der Waals surface area contributed by atoms with E-state index in [0.717, 1.165) is 25.3 Å². The van der Waals surface area contributed by atoms with E-state index in [1.165, 1.54) is 31.7 Å². The van der Waals surface area contributed by atoms with Crippen molar-refractivity contribution in [2.45, 2.75) is 31.7 Å². The van der Waals surface area contributed by atoms with E-state index < -0.39 is 4.92 Å². The standard InChI is InChI=1S/C15H22N4O2/c16-14-9-13(3-4-15(14)19(20)21)18(12-1-2-12)10-11-5-7-17-8-6-11/h3-4,9,11-12,17H,1-2,5-8,10,16H2. The summed E-state index contributed by atoms with van der Waals surface area (Å²) in [6, 6.07) is 5.72. The Morgan fingerprint density at radius 3 is 2.57 bits per heavy atom. The number of nitrogens with two attached hydrogens (primary N) is 1. The van der Waals surface area contributed by atoms with Crippen molar-refractivity contribution in [3.63, 3.8) is 0 Å². The predicted molar refractivity (Wildman–Crippen MR) is 83.5 cm³/mol. The van der Waals surface area contributed by atoms with Crippen LogP contribution in [0.2, 0.25) is 0 Å². The molecule has 1 aliphatic heterocycles. The minimum atomic E-state index is -0.423. The Balaban J connectivity index is 1.77. The fraction of sp³-hybridized carbons (Fsp3) is 0.600. The second-order valence-electron chi connectivity index (χ2n) is 6.08. The van der Waals surface area contributed by atoms with Gasteiger partial charge in [-0.15, -0.1) is 0 Å². The summed E-state index contributed by atoms with van der Waals surface area (Å²) >= 11 is 0. The fourth-order valence-corrected chi connectivity index (χ4v) is 3.08. The van der Waals surface area contributed by atoms with Crippen molar-refractivity contribution in [1.82, 2.24) is 5.32 Å². The quantitative estimate of drug-likeness (QED) is 0.493. The van der Waals surface area contributed by atoms with Gasteiger partial charge in [0.1, 0.15) is 5.69 Å². The second-order valence-corrected chi connectivity index (χ2v) is 6.08. The van der Waals surface area contributed by atoms with E-state index in [1.807, 2.05) is 6.07 Å². The maximum absolute atomic E-state index is 10.9. The summed E-state index contributed by atoms with van der Waals surface area (Å²) in [4.78, 5) is 12.8. The first-order chi connectivity index (χ1) is 10.1. The van der Waals surface area contributed by atoms with Crippen LogP contribution in [0.3, 0.4) is 0 Å². The lowest BCUT2D eigenvalue weighted by Gasteiger charge is -2.32. The molecule has 3 N–H and O–H groups in total. The van der Waals surface area contributed by atoms with Crippen molar-refractivity contribution in [2.75, 3.05) is 30.3 Å². The highest BCUT2D eigenvalue weighted by molar-refractivity contribution is 5.67. The molecule has 0 unspecified atom stereocenters. The first-order valence-corrected chi connectivity index (χ1v) is 7.66. The number of hydrogen-bond acceptors (Lipinski definition) is 5. The van der Waals surface area contributed by atoms with Crippen molar-refractivity contribution in [1.29, 1.82) is 0 Å². The van der Waals surface area contributed by atoms with Crippen LogP contribution in [0.4, 0.5) is 17.1 Å². The lowest BCUT2D eigenvalue weighted by molar-refractivity contribution is -0.383. The molecule has 0 atom stereocenters. The number of nitrogen functional groups attached to an aromatic ring is 1. The van der Waals surface area contributed by atoms with Crippen LogP contribution in [-0.4, -0.2) is 30.6 Å². The average Bonchev–Trinajstić information content (AvgIpc) is 3.30. The molecule has 1 aliphatic carbocycles.